The molecule has 4 aromatic rings. The number of amides is 1. The number of hydrogen-bond acceptors (Lipinski definition) is 5. The highest BCUT2D eigenvalue weighted by Crippen LogP contribution is 2.27. The van der Waals surface area contributed by atoms with Crippen LogP contribution in [0.5, 0.6) is 0 Å². The third kappa shape index (κ3) is 3.64. The summed E-state index contributed by atoms with van der Waals surface area (Å²) in [6.45, 7) is 5.34. The van der Waals surface area contributed by atoms with Crippen molar-refractivity contribution in [3.05, 3.63) is 65.5 Å². The minimum absolute atomic E-state index is 0.114. The number of carbonyl (C=O) groups excluding carboxylic acids is 1. The molecule has 0 aliphatic carbocycles. The first-order valence-corrected chi connectivity index (χ1v) is 9.05. The number of carbonyl (C=O) groups is 1. The maximum atomic E-state index is 14.2. The molecule has 0 aliphatic heterocycles. The standard InChI is InChI=1S/C21H19FN6O/c1-12-10-15(11-13(2)20(12)23-14(3)29)24-18-8-9-19-25-26-21(28(19)27-18)16-6-4-5-7-17(16)22/h4-11H,1-3H3,(H,23,29)(H,24,27). The van der Waals surface area contributed by atoms with Crippen LogP contribution in [0.1, 0.15) is 18.1 Å². The minimum Gasteiger partial charge on any atom is -0.339 e. The van der Waals surface area contributed by atoms with Gasteiger partial charge in [0, 0.05) is 18.3 Å². The Hall–Kier alpha value is -3.81. The van der Waals surface area contributed by atoms with Gasteiger partial charge in [0.2, 0.25) is 5.91 Å². The predicted octanol–water partition coefficient (Wildman–Crippen LogP) is 4.25. The third-order valence-electron chi connectivity index (χ3n) is 4.48. The predicted molar refractivity (Wildman–Crippen MR) is 110 cm³/mol. The van der Waals surface area contributed by atoms with Crippen LogP contribution in [0.25, 0.3) is 17.0 Å². The van der Waals surface area contributed by atoms with E-state index in [1.807, 2.05) is 26.0 Å². The molecule has 8 heteroatoms. The van der Waals surface area contributed by atoms with Crippen LogP contribution in [-0.2, 0) is 4.79 Å². The van der Waals surface area contributed by atoms with Crippen LogP contribution in [0.4, 0.5) is 21.6 Å². The molecule has 0 bridgehead atoms. The topological polar surface area (TPSA) is 84.2 Å². The molecular weight excluding hydrogens is 371 g/mol. The van der Waals surface area contributed by atoms with Gasteiger partial charge in [0.25, 0.3) is 0 Å². The second kappa shape index (κ2) is 7.31. The van der Waals surface area contributed by atoms with Gasteiger partial charge in [-0.2, -0.15) is 4.52 Å². The highest BCUT2D eigenvalue weighted by molar-refractivity contribution is 5.91. The van der Waals surface area contributed by atoms with Gasteiger partial charge in [-0.3, -0.25) is 4.79 Å². The molecule has 0 radical (unpaired) electrons. The van der Waals surface area contributed by atoms with Crippen molar-refractivity contribution in [1.29, 1.82) is 0 Å². The van der Waals surface area contributed by atoms with Crippen molar-refractivity contribution < 1.29 is 9.18 Å². The summed E-state index contributed by atoms with van der Waals surface area (Å²) in [6.07, 6.45) is 0. The van der Waals surface area contributed by atoms with Crippen LogP contribution in [0.3, 0.4) is 0 Å². The van der Waals surface area contributed by atoms with Crippen molar-refractivity contribution in [2.45, 2.75) is 20.8 Å². The number of fused-ring (bicyclic) bond motifs is 1. The Kier molecular flexibility index (Phi) is 4.67. The van der Waals surface area contributed by atoms with E-state index in [4.69, 9.17) is 0 Å². The Morgan fingerprint density at radius 2 is 1.76 bits per heavy atom. The van der Waals surface area contributed by atoms with Crippen LogP contribution < -0.4 is 10.6 Å². The van der Waals surface area contributed by atoms with Crippen molar-refractivity contribution in [2.24, 2.45) is 0 Å². The Bertz CT molecular complexity index is 1210. The van der Waals surface area contributed by atoms with Crippen LogP contribution in [0.2, 0.25) is 0 Å². The first kappa shape index (κ1) is 18.5. The Morgan fingerprint density at radius 3 is 2.45 bits per heavy atom. The lowest BCUT2D eigenvalue weighted by molar-refractivity contribution is -0.114. The van der Waals surface area contributed by atoms with Crippen molar-refractivity contribution in [2.75, 3.05) is 10.6 Å². The Balaban J connectivity index is 1.70. The van der Waals surface area contributed by atoms with E-state index < -0.39 is 0 Å². The van der Waals surface area contributed by atoms with Gasteiger partial charge in [0.05, 0.1) is 5.56 Å². The zero-order valence-corrected chi connectivity index (χ0v) is 16.2. The Labute approximate surface area is 166 Å². The van der Waals surface area contributed by atoms with Crippen molar-refractivity contribution in [3.8, 4) is 11.4 Å². The maximum Gasteiger partial charge on any atom is 0.221 e. The summed E-state index contributed by atoms with van der Waals surface area (Å²) in [5.41, 5.74) is 4.33. The van der Waals surface area contributed by atoms with E-state index in [0.29, 0.717) is 22.9 Å². The number of benzene rings is 2. The summed E-state index contributed by atoms with van der Waals surface area (Å²) >= 11 is 0. The minimum atomic E-state index is -0.387. The summed E-state index contributed by atoms with van der Waals surface area (Å²) in [4.78, 5) is 11.4. The lowest BCUT2D eigenvalue weighted by Crippen LogP contribution is -2.09. The second-order valence-corrected chi connectivity index (χ2v) is 6.78. The van der Waals surface area contributed by atoms with E-state index in [-0.39, 0.29) is 11.7 Å². The molecule has 29 heavy (non-hydrogen) atoms. The van der Waals surface area contributed by atoms with Gasteiger partial charge in [-0.25, -0.2) is 4.39 Å². The molecule has 0 unspecified atom stereocenters. The van der Waals surface area contributed by atoms with Crippen LogP contribution in [0.15, 0.2) is 48.5 Å². The van der Waals surface area contributed by atoms with Crippen LogP contribution >= 0.6 is 0 Å². The van der Waals surface area contributed by atoms with Crippen molar-refractivity contribution in [3.63, 3.8) is 0 Å². The average molecular weight is 390 g/mol. The number of aryl methyl sites for hydroxylation is 2. The fraction of sp³-hybridized carbons (Fsp3) is 0.143. The highest BCUT2D eigenvalue weighted by atomic mass is 19.1. The molecule has 0 saturated carbocycles. The van der Waals surface area contributed by atoms with E-state index in [1.54, 1.807) is 30.3 Å². The summed E-state index contributed by atoms with van der Waals surface area (Å²) in [5.74, 6) is 0.384. The normalized spacial score (nSPS) is 10.9. The maximum absolute atomic E-state index is 14.2. The van der Waals surface area contributed by atoms with Crippen LogP contribution in [0, 0.1) is 19.7 Å². The molecule has 4 rings (SSSR count). The van der Waals surface area contributed by atoms with Crippen LogP contribution in [-0.4, -0.2) is 25.7 Å². The number of rotatable bonds is 4. The number of anilines is 3. The molecule has 2 heterocycles. The van der Waals surface area contributed by atoms with Gasteiger partial charge in [-0.05, 0) is 61.4 Å². The number of nitrogens with one attached hydrogen (secondary N) is 2. The third-order valence-corrected chi connectivity index (χ3v) is 4.48. The summed E-state index contributed by atoms with van der Waals surface area (Å²) in [6, 6.07) is 13.8. The smallest absolute Gasteiger partial charge is 0.221 e. The summed E-state index contributed by atoms with van der Waals surface area (Å²) < 4.78 is 15.7. The molecule has 146 valence electrons. The summed E-state index contributed by atoms with van der Waals surface area (Å²) in [5, 5.41) is 18.8. The molecule has 2 aromatic carbocycles. The molecule has 0 atom stereocenters. The van der Waals surface area contributed by atoms with E-state index >= 15 is 0 Å². The molecular formula is C21H19FN6O. The van der Waals surface area contributed by atoms with Gasteiger partial charge in [0.1, 0.15) is 5.82 Å². The second-order valence-electron chi connectivity index (χ2n) is 6.78. The van der Waals surface area contributed by atoms with Crippen molar-refractivity contribution >= 4 is 28.7 Å². The first-order valence-electron chi connectivity index (χ1n) is 9.05. The first-order chi connectivity index (χ1) is 13.9. The zero-order chi connectivity index (χ0) is 20.5. The largest absolute Gasteiger partial charge is 0.339 e. The molecule has 7 nitrogen and oxygen atoms in total. The number of hydrogen-bond donors (Lipinski definition) is 2. The molecule has 2 N–H and O–H groups in total. The molecule has 0 aliphatic rings. The van der Waals surface area contributed by atoms with E-state index in [1.165, 1.54) is 17.5 Å². The number of halogens is 1. The lowest BCUT2D eigenvalue weighted by Gasteiger charge is -2.14. The van der Waals surface area contributed by atoms with E-state index in [9.17, 15) is 9.18 Å². The zero-order valence-electron chi connectivity index (χ0n) is 16.2. The molecule has 1 amide bonds. The van der Waals surface area contributed by atoms with Gasteiger partial charge in [-0.15, -0.1) is 15.3 Å². The van der Waals surface area contributed by atoms with Gasteiger partial charge >= 0.3 is 0 Å². The van der Waals surface area contributed by atoms with Gasteiger partial charge < -0.3 is 10.6 Å². The number of aromatic nitrogens is 4. The fourth-order valence-electron chi connectivity index (χ4n) is 3.22. The Morgan fingerprint density at radius 1 is 1.03 bits per heavy atom. The lowest BCUT2D eigenvalue weighted by atomic mass is 10.1. The van der Waals surface area contributed by atoms with Gasteiger partial charge in [-0.1, -0.05) is 12.1 Å². The SMILES string of the molecule is CC(=O)Nc1c(C)cc(Nc2ccc3nnc(-c4ccccc4F)n3n2)cc1C. The molecule has 0 fully saturated rings. The fourth-order valence-corrected chi connectivity index (χ4v) is 3.22. The van der Waals surface area contributed by atoms with E-state index in [2.05, 4.69) is 25.9 Å². The van der Waals surface area contributed by atoms with E-state index in [0.717, 1.165) is 22.5 Å². The molecule has 2 aromatic heterocycles. The average Bonchev–Trinajstić information content (AvgIpc) is 3.08. The highest BCUT2D eigenvalue weighted by Gasteiger charge is 2.14. The molecule has 0 spiro atoms. The monoisotopic (exact) mass is 390 g/mol. The summed E-state index contributed by atoms with van der Waals surface area (Å²) in [7, 11) is 0. The van der Waals surface area contributed by atoms with Crippen molar-refractivity contribution in [1.82, 2.24) is 19.8 Å². The van der Waals surface area contributed by atoms with Gasteiger partial charge in [0.15, 0.2) is 17.3 Å². The number of nitrogens with zero attached hydrogens (tertiary/aromatic N) is 4. The molecule has 0 saturated heterocycles. The quantitative estimate of drug-likeness (QED) is 0.544.